The molecule has 1 unspecified atom stereocenters. The largest absolute Gasteiger partial charge is 0.383 e. The number of halogens is 1. The minimum Gasteiger partial charge on any atom is -0.383 e. The number of likely N-dealkylation sites (N-methyl/N-ethyl adjacent to an activating group) is 1. The quantitative estimate of drug-likeness (QED) is 0.807. The second-order valence-corrected chi connectivity index (χ2v) is 3.63. The molecule has 0 amide bonds. The molecule has 1 aromatic carbocycles. The topological polar surface area (TPSA) is 21.3 Å². The third-order valence-electron chi connectivity index (χ3n) is 2.25. The molecular weight excluding hydrogens is 193 g/mol. The van der Waals surface area contributed by atoms with Crippen LogP contribution >= 0.6 is 0 Å². The number of methoxy groups -OCH3 is 1. The molecule has 1 atom stereocenters. The van der Waals surface area contributed by atoms with Crippen LogP contribution in [0.1, 0.15) is 24.1 Å². The predicted octanol–water partition coefficient (Wildman–Crippen LogP) is 2.43. The minimum atomic E-state index is -0.191. The molecular formula is C12H18FNO. The average Bonchev–Trinajstić information content (AvgIpc) is 2.16. The molecule has 0 aromatic heterocycles. The van der Waals surface area contributed by atoms with Crippen LogP contribution in [0, 0.1) is 12.7 Å². The molecule has 0 radical (unpaired) electrons. The van der Waals surface area contributed by atoms with E-state index in [0.29, 0.717) is 6.61 Å². The van der Waals surface area contributed by atoms with Crippen molar-refractivity contribution in [3.8, 4) is 0 Å². The summed E-state index contributed by atoms with van der Waals surface area (Å²) in [6.45, 7) is 5.30. The number of benzene rings is 1. The van der Waals surface area contributed by atoms with Gasteiger partial charge in [0.25, 0.3) is 0 Å². The van der Waals surface area contributed by atoms with Gasteiger partial charge in [-0.15, -0.1) is 0 Å². The van der Waals surface area contributed by atoms with Gasteiger partial charge in [-0.2, -0.15) is 0 Å². The first-order valence-electron chi connectivity index (χ1n) is 5.16. The van der Waals surface area contributed by atoms with Crippen LogP contribution in [0.15, 0.2) is 18.2 Å². The first kappa shape index (κ1) is 12.1. The standard InChI is InChI=1S/C12H18FNO/c1-4-14-12(8-15-3)10-5-9(2)6-11(13)7-10/h5-7,12,14H,4,8H2,1-3H3. The lowest BCUT2D eigenvalue weighted by atomic mass is 10.0. The lowest BCUT2D eigenvalue weighted by Gasteiger charge is -2.17. The van der Waals surface area contributed by atoms with Crippen LogP contribution in [0.5, 0.6) is 0 Å². The molecule has 0 spiro atoms. The molecule has 0 heterocycles. The first-order chi connectivity index (χ1) is 7.17. The van der Waals surface area contributed by atoms with Gasteiger partial charge in [-0.25, -0.2) is 4.39 Å². The Bertz CT molecular complexity index is 288. The maximum absolute atomic E-state index is 13.2. The molecule has 0 bridgehead atoms. The van der Waals surface area contributed by atoms with Crippen molar-refractivity contribution in [2.75, 3.05) is 20.3 Å². The molecule has 84 valence electrons. The van der Waals surface area contributed by atoms with Crippen molar-refractivity contribution in [3.63, 3.8) is 0 Å². The lowest BCUT2D eigenvalue weighted by Crippen LogP contribution is -2.25. The van der Waals surface area contributed by atoms with E-state index in [1.807, 2.05) is 19.9 Å². The monoisotopic (exact) mass is 211 g/mol. The molecule has 3 heteroatoms. The zero-order valence-corrected chi connectivity index (χ0v) is 9.51. The third-order valence-corrected chi connectivity index (χ3v) is 2.25. The number of hydrogen-bond acceptors (Lipinski definition) is 2. The van der Waals surface area contributed by atoms with Crippen LogP contribution < -0.4 is 5.32 Å². The highest BCUT2D eigenvalue weighted by molar-refractivity contribution is 5.26. The fourth-order valence-corrected chi connectivity index (χ4v) is 1.65. The molecule has 1 aromatic rings. The molecule has 0 saturated heterocycles. The Balaban J connectivity index is 2.88. The molecule has 0 aliphatic heterocycles. The van der Waals surface area contributed by atoms with Gasteiger partial charge in [-0.05, 0) is 36.7 Å². The Morgan fingerprint density at radius 2 is 2.13 bits per heavy atom. The van der Waals surface area contributed by atoms with E-state index < -0.39 is 0 Å². The molecule has 1 rings (SSSR count). The van der Waals surface area contributed by atoms with E-state index in [2.05, 4.69) is 5.32 Å². The number of hydrogen-bond donors (Lipinski definition) is 1. The van der Waals surface area contributed by atoms with E-state index in [4.69, 9.17) is 4.74 Å². The summed E-state index contributed by atoms with van der Waals surface area (Å²) in [6.07, 6.45) is 0. The lowest BCUT2D eigenvalue weighted by molar-refractivity contribution is 0.167. The van der Waals surface area contributed by atoms with E-state index in [1.54, 1.807) is 13.2 Å². The molecule has 0 fully saturated rings. The third kappa shape index (κ3) is 3.61. The molecule has 1 N–H and O–H groups in total. The number of aryl methyl sites for hydroxylation is 1. The fraction of sp³-hybridized carbons (Fsp3) is 0.500. The second kappa shape index (κ2) is 5.83. The van der Waals surface area contributed by atoms with Crippen molar-refractivity contribution in [2.45, 2.75) is 19.9 Å². The Hall–Kier alpha value is -0.930. The molecule has 0 aliphatic rings. The summed E-state index contributed by atoms with van der Waals surface area (Å²) in [6, 6.07) is 5.13. The van der Waals surface area contributed by atoms with Gasteiger partial charge in [0.1, 0.15) is 5.82 Å². The average molecular weight is 211 g/mol. The number of rotatable bonds is 5. The van der Waals surface area contributed by atoms with Gasteiger partial charge in [0.05, 0.1) is 12.6 Å². The van der Waals surface area contributed by atoms with Crippen LogP contribution in [0.4, 0.5) is 4.39 Å². The van der Waals surface area contributed by atoms with Gasteiger partial charge in [0.15, 0.2) is 0 Å². The van der Waals surface area contributed by atoms with E-state index >= 15 is 0 Å². The van der Waals surface area contributed by atoms with Crippen LogP contribution in [-0.4, -0.2) is 20.3 Å². The number of ether oxygens (including phenoxy) is 1. The number of nitrogens with one attached hydrogen (secondary N) is 1. The van der Waals surface area contributed by atoms with Crippen LogP contribution in [0.3, 0.4) is 0 Å². The Morgan fingerprint density at radius 3 is 2.67 bits per heavy atom. The van der Waals surface area contributed by atoms with Crippen molar-refractivity contribution in [1.82, 2.24) is 5.32 Å². The summed E-state index contributed by atoms with van der Waals surface area (Å²) in [5, 5.41) is 3.26. The van der Waals surface area contributed by atoms with E-state index in [0.717, 1.165) is 17.7 Å². The smallest absolute Gasteiger partial charge is 0.123 e. The SMILES string of the molecule is CCNC(COC)c1cc(C)cc(F)c1. The maximum atomic E-state index is 13.2. The summed E-state index contributed by atoms with van der Waals surface area (Å²) in [4.78, 5) is 0. The molecule has 2 nitrogen and oxygen atoms in total. The summed E-state index contributed by atoms with van der Waals surface area (Å²) in [5.41, 5.74) is 1.88. The van der Waals surface area contributed by atoms with E-state index in [9.17, 15) is 4.39 Å². The zero-order valence-electron chi connectivity index (χ0n) is 9.51. The van der Waals surface area contributed by atoms with Crippen molar-refractivity contribution < 1.29 is 9.13 Å². The Labute approximate surface area is 90.4 Å². The highest BCUT2D eigenvalue weighted by atomic mass is 19.1. The van der Waals surface area contributed by atoms with E-state index in [-0.39, 0.29) is 11.9 Å². The normalized spacial score (nSPS) is 12.8. The molecule has 0 saturated carbocycles. The highest BCUT2D eigenvalue weighted by Crippen LogP contribution is 2.16. The molecule has 15 heavy (non-hydrogen) atoms. The summed E-state index contributed by atoms with van der Waals surface area (Å²) in [7, 11) is 1.65. The van der Waals surface area contributed by atoms with Crippen LogP contribution in [0.2, 0.25) is 0 Å². The van der Waals surface area contributed by atoms with Gasteiger partial charge in [-0.1, -0.05) is 13.0 Å². The van der Waals surface area contributed by atoms with Gasteiger partial charge >= 0.3 is 0 Å². The molecule has 0 aliphatic carbocycles. The Morgan fingerprint density at radius 1 is 1.40 bits per heavy atom. The van der Waals surface area contributed by atoms with Gasteiger partial charge in [0.2, 0.25) is 0 Å². The second-order valence-electron chi connectivity index (χ2n) is 3.63. The van der Waals surface area contributed by atoms with E-state index in [1.165, 1.54) is 6.07 Å². The summed E-state index contributed by atoms with van der Waals surface area (Å²) in [5.74, 6) is -0.191. The first-order valence-corrected chi connectivity index (χ1v) is 5.16. The van der Waals surface area contributed by atoms with Crippen molar-refractivity contribution >= 4 is 0 Å². The van der Waals surface area contributed by atoms with Crippen LogP contribution in [0.25, 0.3) is 0 Å². The summed E-state index contributed by atoms with van der Waals surface area (Å²) >= 11 is 0. The van der Waals surface area contributed by atoms with Crippen molar-refractivity contribution in [1.29, 1.82) is 0 Å². The maximum Gasteiger partial charge on any atom is 0.123 e. The van der Waals surface area contributed by atoms with Crippen molar-refractivity contribution in [3.05, 3.63) is 35.1 Å². The van der Waals surface area contributed by atoms with Gasteiger partial charge in [-0.3, -0.25) is 0 Å². The Kier molecular flexibility index (Phi) is 4.72. The highest BCUT2D eigenvalue weighted by Gasteiger charge is 2.11. The fourth-order valence-electron chi connectivity index (χ4n) is 1.65. The van der Waals surface area contributed by atoms with Crippen LogP contribution in [-0.2, 0) is 4.74 Å². The minimum absolute atomic E-state index is 0.0643. The zero-order chi connectivity index (χ0) is 11.3. The summed E-state index contributed by atoms with van der Waals surface area (Å²) < 4.78 is 18.3. The van der Waals surface area contributed by atoms with Gasteiger partial charge < -0.3 is 10.1 Å². The predicted molar refractivity (Wildman–Crippen MR) is 59.4 cm³/mol. The van der Waals surface area contributed by atoms with Gasteiger partial charge in [0, 0.05) is 7.11 Å². The van der Waals surface area contributed by atoms with Crippen molar-refractivity contribution in [2.24, 2.45) is 0 Å².